The number of rotatable bonds is 6. The third-order valence-electron chi connectivity index (χ3n) is 5.43. The zero-order valence-corrected chi connectivity index (χ0v) is 15.1. The predicted molar refractivity (Wildman–Crippen MR) is 95.2 cm³/mol. The highest BCUT2D eigenvalue weighted by Crippen LogP contribution is 2.32. The average molecular weight is 364 g/mol. The van der Waals surface area contributed by atoms with Gasteiger partial charge in [-0.3, -0.25) is 0 Å². The summed E-state index contributed by atoms with van der Waals surface area (Å²) in [5, 5.41) is 0. The Bertz CT molecular complexity index is 759. The molecule has 0 aliphatic heterocycles. The molecule has 1 atom stereocenters. The fourth-order valence-electron chi connectivity index (χ4n) is 3.85. The third-order valence-corrected chi connectivity index (χ3v) is 5.43. The fourth-order valence-corrected chi connectivity index (χ4v) is 3.85. The number of benzene rings is 2. The second-order valence-corrected chi connectivity index (χ2v) is 7.29. The van der Waals surface area contributed by atoms with Gasteiger partial charge in [0.2, 0.25) is 0 Å². The molecule has 3 rings (SSSR count). The van der Waals surface area contributed by atoms with Crippen LogP contribution in [0.15, 0.2) is 24.3 Å². The molecule has 26 heavy (non-hydrogen) atoms. The van der Waals surface area contributed by atoms with Crippen LogP contribution in [0.4, 0.5) is 17.6 Å². The number of aryl methyl sites for hydroxylation is 2. The number of unbranched alkanes of at least 4 members (excludes halogenated alkanes) is 1. The lowest BCUT2D eigenvalue weighted by Crippen LogP contribution is -2.17. The van der Waals surface area contributed by atoms with Gasteiger partial charge in [0.25, 0.3) is 0 Å². The Labute approximate surface area is 152 Å². The second kappa shape index (κ2) is 8.24. The van der Waals surface area contributed by atoms with Gasteiger partial charge in [-0.15, -0.1) is 0 Å². The van der Waals surface area contributed by atoms with E-state index in [9.17, 15) is 17.6 Å². The molecular weight excluding hydrogens is 340 g/mol. The Kier molecular flexibility index (Phi) is 6.00. The van der Waals surface area contributed by atoms with E-state index in [1.54, 1.807) is 6.07 Å². The van der Waals surface area contributed by atoms with Crippen LogP contribution in [0, 0.1) is 29.2 Å². The van der Waals surface area contributed by atoms with Gasteiger partial charge in [-0.2, -0.15) is 0 Å². The van der Waals surface area contributed by atoms with Gasteiger partial charge >= 0.3 is 0 Å². The lowest BCUT2D eigenvalue weighted by molar-refractivity contribution is 0.399. The topological polar surface area (TPSA) is 0 Å². The first-order valence-electron chi connectivity index (χ1n) is 9.42. The largest absolute Gasteiger partial charge is 0.207 e. The van der Waals surface area contributed by atoms with E-state index in [0.29, 0.717) is 36.8 Å². The van der Waals surface area contributed by atoms with E-state index < -0.39 is 23.3 Å². The molecule has 4 heteroatoms. The summed E-state index contributed by atoms with van der Waals surface area (Å²) in [5.74, 6) is -2.49. The Hall–Kier alpha value is -1.84. The van der Waals surface area contributed by atoms with Gasteiger partial charge in [0, 0.05) is 5.56 Å². The Balaban J connectivity index is 1.67. The molecule has 2 aromatic carbocycles. The maximum Gasteiger partial charge on any atom is 0.162 e. The van der Waals surface area contributed by atoms with Crippen molar-refractivity contribution >= 4 is 0 Å². The maximum absolute atomic E-state index is 14.3. The standard InChI is InChI=1S/C22H24F4/c1-2-3-4-15-12-20(24)17(21(25)13-15)9-6-14-5-7-16-8-10-19(23)22(26)18(16)11-14/h8,10,12-14H,2-7,9,11H2,1H3. The van der Waals surface area contributed by atoms with Gasteiger partial charge in [0.1, 0.15) is 11.6 Å². The quantitative estimate of drug-likeness (QED) is 0.526. The monoisotopic (exact) mass is 364 g/mol. The summed E-state index contributed by atoms with van der Waals surface area (Å²) < 4.78 is 56.0. The highest BCUT2D eigenvalue weighted by Gasteiger charge is 2.24. The minimum absolute atomic E-state index is 0.107. The SMILES string of the molecule is CCCCc1cc(F)c(CCC2CCc3ccc(F)c(F)c3C2)c(F)c1. The molecule has 0 saturated heterocycles. The number of halogens is 4. The first-order chi connectivity index (χ1) is 12.5. The lowest BCUT2D eigenvalue weighted by Gasteiger charge is -2.25. The Morgan fingerprint density at radius 3 is 2.38 bits per heavy atom. The van der Waals surface area contributed by atoms with Crippen LogP contribution in [0.25, 0.3) is 0 Å². The van der Waals surface area contributed by atoms with Gasteiger partial charge in [0.15, 0.2) is 11.6 Å². The van der Waals surface area contributed by atoms with Crippen LogP contribution in [0.1, 0.15) is 54.9 Å². The van der Waals surface area contributed by atoms with Crippen molar-refractivity contribution in [2.45, 2.75) is 58.3 Å². The molecule has 0 fully saturated rings. The van der Waals surface area contributed by atoms with Gasteiger partial charge < -0.3 is 0 Å². The van der Waals surface area contributed by atoms with Crippen molar-refractivity contribution in [3.8, 4) is 0 Å². The highest BCUT2D eigenvalue weighted by atomic mass is 19.2. The van der Waals surface area contributed by atoms with E-state index in [0.717, 1.165) is 24.8 Å². The van der Waals surface area contributed by atoms with Crippen LogP contribution in [0.2, 0.25) is 0 Å². The molecular formula is C22H24F4. The van der Waals surface area contributed by atoms with Crippen molar-refractivity contribution < 1.29 is 17.6 Å². The third kappa shape index (κ3) is 4.11. The summed E-state index contributed by atoms with van der Waals surface area (Å²) >= 11 is 0. The molecule has 0 N–H and O–H groups in total. The van der Waals surface area contributed by atoms with Gasteiger partial charge in [-0.05, 0) is 85.8 Å². The molecule has 140 valence electrons. The molecule has 1 aliphatic carbocycles. The van der Waals surface area contributed by atoms with Crippen LogP contribution in [-0.4, -0.2) is 0 Å². The fraction of sp³-hybridized carbons (Fsp3) is 0.455. The molecule has 0 nitrogen and oxygen atoms in total. The average Bonchev–Trinajstić information content (AvgIpc) is 2.62. The normalized spacial score (nSPS) is 16.6. The number of hydrogen-bond acceptors (Lipinski definition) is 0. The molecule has 2 aromatic rings. The zero-order valence-electron chi connectivity index (χ0n) is 15.1. The summed E-state index contributed by atoms with van der Waals surface area (Å²) in [6, 6.07) is 5.66. The highest BCUT2D eigenvalue weighted by molar-refractivity contribution is 5.32. The van der Waals surface area contributed by atoms with E-state index in [-0.39, 0.29) is 17.9 Å². The Morgan fingerprint density at radius 1 is 0.962 bits per heavy atom. The molecule has 0 aromatic heterocycles. The van der Waals surface area contributed by atoms with Crippen molar-refractivity contribution in [3.63, 3.8) is 0 Å². The molecule has 0 saturated carbocycles. The van der Waals surface area contributed by atoms with Crippen LogP contribution in [-0.2, 0) is 25.7 Å². The van der Waals surface area contributed by atoms with Crippen LogP contribution in [0.5, 0.6) is 0 Å². The van der Waals surface area contributed by atoms with Gasteiger partial charge in [-0.1, -0.05) is 19.4 Å². The molecule has 0 bridgehead atoms. The van der Waals surface area contributed by atoms with Crippen LogP contribution >= 0.6 is 0 Å². The van der Waals surface area contributed by atoms with E-state index in [1.165, 1.54) is 18.2 Å². The van der Waals surface area contributed by atoms with Crippen molar-refractivity contribution in [1.82, 2.24) is 0 Å². The Morgan fingerprint density at radius 2 is 1.69 bits per heavy atom. The van der Waals surface area contributed by atoms with Crippen LogP contribution in [0.3, 0.4) is 0 Å². The van der Waals surface area contributed by atoms with Gasteiger partial charge in [-0.25, -0.2) is 17.6 Å². The molecule has 0 radical (unpaired) electrons. The smallest absolute Gasteiger partial charge is 0.162 e. The summed E-state index contributed by atoms with van der Waals surface area (Å²) in [6.07, 6.45) is 5.34. The second-order valence-electron chi connectivity index (χ2n) is 7.29. The first-order valence-corrected chi connectivity index (χ1v) is 9.42. The van der Waals surface area contributed by atoms with Crippen molar-refractivity contribution in [1.29, 1.82) is 0 Å². The number of fused-ring (bicyclic) bond motifs is 1. The van der Waals surface area contributed by atoms with E-state index in [2.05, 4.69) is 0 Å². The maximum atomic E-state index is 14.3. The van der Waals surface area contributed by atoms with Crippen molar-refractivity contribution in [3.05, 3.63) is 69.8 Å². The summed E-state index contributed by atoms with van der Waals surface area (Å²) in [7, 11) is 0. The summed E-state index contributed by atoms with van der Waals surface area (Å²) in [4.78, 5) is 0. The summed E-state index contributed by atoms with van der Waals surface area (Å²) in [6.45, 7) is 2.04. The first kappa shape index (κ1) is 18.9. The van der Waals surface area contributed by atoms with Gasteiger partial charge in [0.05, 0.1) is 0 Å². The zero-order chi connectivity index (χ0) is 18.7. The van der Waals surface area contributed by atoms with Crippen LogP contribution < -0.4 is 0 Å². The summed E-state index contributed by atoms with van der Waals surface area (Å²) in [5.41, 5.74) is 2.07. The predicted octanol–water partition coefficient (Wildman–Crippen LogP) is 6.32. The minimum Gasteiger partial charge on any atom is -0.207 e. The minimum atomic E-state index is -0.829. The molecule has 0 spiro atoms. The lowest BCUT2D eigenvalue weighted by atomic mass is 9.80. The number of hydrogen-bond donors (Lipinski definition) is 0. The molecule has 0 heterocycles. The van der Waals surface area contributed by atoms with E-state index in [4.69, 9.17) is 0 Å². The van der Waals surface area contributed by atoms with Crippen molar-refractivity contribution in [2.24, 2.45) is 5.92 Å². The molecule has 0 amide bonds. The van der Waals surface area contributed by atoms with E-state index >= 15 is 0 Å². The van der Waals surface area contributed by atoms with Crippen molar-refractivity contribution in [2.75, 3.05) is 0 Å². The molecule has 1 aliphatic rings. The van der Waals surface area contributed by atoms with E-state index in [1.807, 2.05) is 6.92 Å². The molecule has 1 unspecified atom stereocenters.